The molecule has 0 aliphatic carbocycles. The van der Waals surface area contributed by atoms with Crippen molar-refractivity contribution >= 4 is 15.9 Å². The molecule has 2 rings (SSSR count). The molecule has 94 valence electrons. The van der Waals surface area contributed by atoms with Crippen LogP contribution in [0.5, 0.6) is 5.75 Å². The van der Waals surface area contributed by atoms with Crippen LogP contribution in [0, 0.1) is 6.92 Å². The van der Waals surface area contributed by atoms with Gasteiger partial charge in [0.05, 0.1) is 13.7 Å². The third-order valence-corrected chi connectivity index (χ3v) is 3.52. The van der Waals surface area contributed by atoms with Crippen molar-refractivity contribution in [3.05, 3.63) is 62.5 Å². The van der Waals surface area contributed by atoms with Crippen LogP contribution in [0.3, 0.4) is 0 Å². The summed E-state index contributed by atoms with van der Waals surface area (Å²) in [7, 11) is 1.63. The highest BCUT2D eigenvalue weighted by atomic mass is 79.9. The Kier molecular flexibility index (Phi) is 3.87. The van der Waals surface area contributed by atoms with Gasteiger partial charge in [-0.3, -0.25) is 4.79 Å². The number of nitrogens with zero attached hydrogens (tertiary/aromatic N) is 1. The summed E-state index contributed by atoms with van der Waals surface area (Å²) < 4.78 is 7.83. The van der Waals surface area contributed by atoms with Crippen LogP contribution in [0.15, 0.2) is 45.8 Å². The molecular formula is C14H14BrNO2. The molecule has 0 aliphatic rings. The fraction of sp³-hybridized carbons (Fsp3) is 0.214. The van der Waals surface area contributed by atoms with Crippen LogP contribution in [0.25, 0.3) is 0 Å². The molecule has 0 atom stereocenters. The molecule has 2 aromatic rings. The van der Waals surface area contributed by atoms with E-state index in [0.717, 1.165) is 21.3 Å². The lowest BCUT2D eigenvalue weighted by atomic mass is 10.2. The highest BCUT2D eigenvalue weighted by molar-refractivity contribution is 9.10. The number of hydrogen-bond donors (Lipinski definition) is 0. The van der Waals surface area contributed by atoms with Gasteiger partial charge < -0.3 is 9.30 Å². The van der Waals surface area contributed by atoms with Crippen LogP contribution in [0.2, 0.25) is 0 Å². The molecule has 1 heterocycles. The van der Waals surface area contributed by atoms with Gasteiger partial charge in [-0.1, -0.05) is 15.9 Å². The van der Waals surface area contributed by atoms with E-state index in [0.29, 0.717) is 6.54 Å². The number of methoxy groups -OCH3 is 1. The molecule has 4 heteroatoms. The molecule has 0 unspecified atom stereocenters. The maximum absolute atomic E-state index is 11.8. The number of rotatable bonds is 3. The molecule has 0 aliphatic heterocycles. The van der Waals surface area contributed by atoms with E-state index in [4.69, 9.17) is 4.74 Å². The normalized spacial score (nSPS) is 10.4. The van der Waals surface area contributed by atoms with E-state index >= 15 is 0 Å². The van der Waals surface area contributed by atoms with Crippen LogP contribution in [-0.2, 0) is 6.54 Å². The van der Waals surface area contributed by atoms with Crippen molar-refractivity contribution < 1.29 is 4.74 Å². The number of benzene rings is 1. The number of ether oxygens (including phenoxy) is 1. The Hall–Kier alpha value is -1.55. The molecule has 0 amide bonds. The summed E-state index contributed by atoms with van der Waals surface area (Å²) in [5.41, 5.74) is 1.99. The number of hydrogen-bond acceptors (Lipinski definition) is 2. The zero-order valence-corrected chi connectivity index (χ0v) is 11.9. The molecule has 0 N–H and O–H groups in total. The summed E-state index contributed by atoms with van der Waals surface area (Å²) in [6, 6.07) is 9.29. The highest BCUT2D eigenvalue weighted by Crippen LogP contribution is 2.22. The molecule has 1 aromatic carbocycles. The monoisotopic (exact) mass is 307 g/mol. The molecule has 0 bridgehead atoms. The first-order valence-electron chi connectivity index (χ1n) is 5.59. The van der Waals surface area contributed by atoms with Gasteiger partial charge in [-0.2, -0.15) is 0 Å². The first kappa shape index (κ1) is 12.9. The summed E-state index contributed by atoms with van der Waals surface area (Å²) in [6.07, 6.45) is 1.81. The molecule has 0 radical (unpaired) electrons. The first-order chi connectivity index (χ1) is 8.60. The van der Waals surface area contributed by atoms with E-state index < -0.39 is 0 Å². The van der Waals surface area contributed by atoms with Gasteiger partial charge >= 0.3 is 0 Å². The Morgan fingerprint density at radius 1 is 1.28 bits per heavy atom. The van der Waals surface area contributed by atoms with Gasteiger partial charge in [-0.15, -0.1) is 0 Å². The standard InChI is InChI=1S/C14H14BrNO2/c1-10-5-6-16(14(17)7-10)9-11-8-12(18-2)3-4-13(11)15/h3-8H,9H2,1-2H3. The molecule has 0 saturated carbocycles. The average Bonchev–Trinajstić information content (AvgIpc) is 2.35. The quantitative estimate of drug-likeness (QED) is 0.873. The lowest BCUT2D eigenvalue weighted by molar-refractivity contribution is 0.414. The van der Waals surface area contributed by atoms with E-state index in [-0.39, 0.29) is 5.56 Å². The summed E-state index contributed by atoms with van der Waals surface area (Å²) in [5.74, 6) is 0.786. The van der Waals surface area contributed by atoms with Crippen molar-refractivity contribution in [1.29, 1.82) is 0 Å². The fourth-order valence-corrected chi connectivity index (χ4v) is 2.09. The first-order valence-corrected chi connectivity index (χ1v) is 6.39. The van der Waals surface area contributed by atoms with E-state index in [1.165, 1.54) is 0 Å². The van der Waals surface area contributed by atoms with Gasteiger partial charge in [0.15, 0.2) is 0 Å². The summed E-state index contributed by atoms with van der Waals surface area (Å²) in [6.45, 7) is 2.43. The SMILES string of the molecule is COc1ccc(Br)c(Cn2ccc(C)cc2=O)c1. The van der Waals surface area contributed by atoms with Crippen LogP contribution in [0.4, 0.5) is 0 Å². The topological polar surface area (TPSA) is 31.2 Å². The minimum absolute atomic E-state index is 0.00437. The second kappa shape index (κ2) is 5.40. The van der Waals surface area contributed by atoms with Crippen molar-refractivity contribution in [1.82, 2.24) is 4.57 Å². The second-order valence-electron chi connectivity index (χ2n) is 4.13. The fourth-order valence-electron chi connectivity index (χ4n) is 1.72. The molecule has 0 fully saturated rings. The van der Waals surface area contributed by atoms with Crippen molar-refractivity contribution in [2.75, 3.05) is 7.11 Å². The van der Waals surface area contributed by atoms with Gasteiger partial charge in [0.25, 0.3) is 5.56 Å². The smallest absolute Gasteiger partial charge is 0.251 e. The molecule has 18 heavy (non-hydrogen) atoms. The van der Waals surface area contributed by atoms with E-state index in [1.54, 1.807) is 17.7 Å². The van der Waals surface area contributed by atoms with Crippen LogP contribution < -0.4 is 10.3 Å². The second-order valence-corrected chi connectivity index (χ2v) is 4.98. The van der Waals surface area contributed by atoms with Crippen molar-refractivity contribution in [2.45, 2.75) is 13.5 Å². The van der Waals surface area contributed by atoms with Crippen LogP contribution >= 0.6 is 15.9 Å². The largest absolute Gasteiger partial charge is 0.497 e. The summed E-state index contributed by atoms with van der Waals surface area (Å²) >= 11 is 3.49. The maximum Gasteiger partial charge on any atom is 0.251 e. The number of aromatic nitrogens is 1. The minimum Gasteiger partial charge on any atom is -0.497 e. The Morgan fingerprint density at radius 2 is 2.06 bits per heavy atom. The number of pyridine rings is 1. The van der Waals surface area contributed by atoms with E-state index in [1.807, 2.05) is 37.4 Å². The third kappa shape index (κ3) is 2.82. The highest BCUT2D eigenvalue weighted by Gasteiger charge is 2.04. The van der Waals surface area contributed by atoms with Crippen LogP contribution in [0.1, 0.15) is 11.1 Å². The number of halogens is 1. The number of aryl methyl sites for hydroxylation is 1. The molecule has 0 saturated heterocycles. The van der Waals surface area contributed by atoms with Crippen molar-refractivity contribution in [3.63, 3.8) is 0 Å². The summed E-state index contributed by atoms with van der Waals surface area (Å²) in [5, 5.41) is 0. The Morgan fingerprint density at radius 3 is 2.72 bits per heavy atom. The van der Waals surface area contributed by atoms with Gasteiger partial charge in [-0.25, -0.2) is 0 Å². The van der Waals surface area contributed by atoms with Gasteiger partial charge in [0, 0.05) is 16.7 Å². The Bertz CT molecular complexity index is 619. The third-order valence-electron chi connectivity index (χ3n) is 2.75. The van der Waals surface area contributed by atoms with Gasteiger partial charge in [0.1, 0.15) is 5.75 Å². The lowest BCUT2D eigenvalue weighted by Crippen LogP contribution is -2.19. The summed E-state index contributed by atoms with van der Waals surface area (Å²) in [4.78, 5) is 11.8. The van der Waals surface area contributed by atoms with Gasteiger partial charge in [0.2, 0.25) is 0 Å². The Labute approximate surface area is 114 Å². The minimum atomic E-state index is 0.00437. The predicted molar refractivity (Wildman–Crippen MR) is 75.2 cm³/mol. The molecular weight excluding hydrogens is 294 g/mol. The van der Waals surface area contributed by atoms with E-state index in [2.05, 4.69) is 15.9 Å². The van der Waals surface area contributed by atoms with Crippen molar-refractivity contribution in [2.24, 2.45) is 0 Å². The van der Waals surface area contributed by atoms with Crippen molar-refractivity contribution in [3.8, 4) is 5.75 Å². The van der Waals surface area contributed by atoms with Crippen LogP contribution in [-0.4, -0.2) is 11.7 Å². The predicted octanol–water partition coefficient (Wildman–Crippen LogP) is 2.98. The molecule has 1 aromatic heterocycles. The van der Waals surface area contributed by atoms with E-state index in [9.17, 15) is 4.79 Å². The zero-order chi connectivity index (χ0) is 13.1. The van der Waals surface area contributed by atoms with Gasteiger partial charge in [-0.05, 0) is 42.3 Å². The lowest BCUT2D eigenvalue weighted by Gasteiger charge is -2.09. The maximum atomic E-state index is 11.8. The molecule has 3 nitrogen and oxygen atoms in total. The Balaban J connectivity index is 2.36. The molecule has 0 spiro atoms. The zero-order valence-electron chi connectivity index (χ0n) is 10.3. The average molecular weight is 308 g/mol.